The molecule has 1 aromatic heterocycles. The molecule has 0 saturated heterocycles. The number of aromatic hydroxyl groups is 1. The minimum absolute atomic E-state index is 0.0692. The first-order valence-corrected chi connectivity index (χ1v) is 7.17. The molecular weight excluding hydrogens is 335 g/mol. The van der Waals surface area contributed by atoms with Crippen molar-refractivity contribution < 1.29 is 14.5 Å². The molecule has 110 valence electrons. The summed E-state index contributed by atoms with van der Waals surface area (Å²) in [6.07, 6.45) is 3.13. The van der Waals surface area contributed by atoms with Gasteiger partial charge in [0.05, 0.1) is 15.7 Å². The Labute approximate surface area is 136 Å². The van der Waals surface area contributed by atoms with E-state index in [0.29, 0.717) is 10.7 Å². The molecule has 2 aromatic rings. The lowest BCUT2D eigenvalue weighted by Crippen LogP contribution is -2.43. The highest BCUT2D eigenvalue weighted by molar-refractivity contribution is 6.42. The van der Waals surface area contributed by atoms with Crippen molar-refractivity contribution in [1.29, 1.82) is 0 Å². The van der Waals surface area contributed by atoms with Gasteiger partial charge in [-0.25, -0.2) is 0 Å². The van der Waals surface area contributed by atoms with Gasteiger partial charge in [-0.05, 0) is 18.2 Å². The van der Waals surface area contributed by atoms with E-state index in [4.69, 9.17) is 34.8 Å². The molecule has 0 spiro atoms. The zero-order chi connectivity index (χ0) is 15.6. The van der Waals surface area contributed by atoms with Crippen molar-refractivity contribution in [3.63, 3.8) is 0 Å². The summed E-state index contributed by atoms with van der Waals surface area (Å²) in [5.41, 5.74) is 0.306. The highest BCUT2D eigenvalue weighted by Crippen LogP contribution is 2.33. The van der Waals surface area contributed by atoms with Gasteiger partial charge in [-0.15, -0.1) is 0 Å². The summed E-state index contributed by atoms with van der Waals surface area (Å²) in [6.45, 7) is 1.69. The number of nitrogens with one attached hydrogen (secondary N) is 1. The summed E-state index contributed by atoms with van der Waals surface area (Å²) in [5.74, 6) is -0.253. The fourth-order valence-corrected chi connectivity index (χ4v) is 2.66. The van der Waals surface area contributed by atoms with Crippen molar-refractivity contribution in [2.45, 2.75) is 13.0 Å². The van der Waals surface area contributed by atoms with Crippen LogP contribution in [0.4, 0.5) is 5.69 Å². The van der Waals surface area contributed by atoms with Crippen LogP contribution in [0.1, 0.15) is 13.0 Å². The van der Waals surface area contributed by atoms with Crippen molar-refractivity contribution in [3.8, 4) is 5.75 Å². The predicted octanol–water partition coefficient (Wildman–Crippen LogP) is 3.84. The molecule has 7 heteroatoms. The largest absolute Gasteiger partial charge is 0.503 e. The third-order valence-corrected chi connectivity index (χ3v) is 3.70. The molecule has 0 bridgehead atoms. The van der Waals surface area contributed by atoms with Crippen LogP contribution in [0.2, 0.25) is 15.1 Å². The van der Waals surface area contributed by atoms with Crippen molar-refractivity contribution >= 4 is 46.4 Å². The molecular formula is C14H12Cl3N2O2+. The number of carbonyl (C=O) groups is 1. The lowest BCUT2D eigenvalue weighted by atomic mass is 10.2. The molecule has 2 N–H and O–H groups in total. The molecule has 0 aliphatic rings. The fourth-order valence-electron chi connectivity index (χ4n) is 1.75. The highest BCUT2D eigenvalue weighted by atomic mass is 35.5. The number of pyridine rings is 1. The van der Waals surface area contributed by atoms with Gasteiger partial charge in [-0.3, -0.25) is 4.79 Å². The van der Waals surface area contributed by atoms with Gasteiger partial charge in [0.15, 0.2) is 11.9 Å². The van der Waals surface area contributed by atoms with Crippen molar-refractivity contribution in [1.82, 2.24) is 0 Å². The topological polar surface area (TPSA) is 53.2 Å². The number of halogens is 3. The molecule has 0 saturated carbocycles. The first kappa shape index (κ1) is 15.9. The second kappa shape index (κ2) is 6.52. The van der Waals surface area contributed by atoms with Gasteiger partial charge in [0, 0.05) is 18.0 Å². The zero-order valence-electron chi connectivity index (χ0n) is 11.0. The van der Waals surface area contributed by atoms with E-state index in [1.807, 2.05) is 0 Å². The Morgan fingerprint density at radius 3 is 2.48 bits per heavy atom. The Hall–Kier alpha value is -1.49. The molecule has 21 heavy (non-hydrogen) atoms. The number of carbonyl (C=O) groups excluding carboxylic acids is 1. The van der Waals surface area contributed by atoms with Crippen LogP contribution in [0, 0.1) is 0 Å². The highest BCUT2D eigenvalue weighted by Gasteiger charge is 2.24. The standard InChI is InChI=1S/C14H11Cl3N2O2/c1-8(19-4-2-3-10(20)7-19)14(21)18-13-11(16)5-9(15)6-12(13)17/h2-8H,1H3,(H-,18,20,21)/p+1/t8-/m0/s1. The lowest BCUT2D eigenvalue weighted by molar-refractivity contribution is -0.705. The van der Waals surface area contributed by atoms with Crippen LogP contribution >= 0.6 is 34.8 Å². The minimum atomic E-state index is -0.556. The summed E-state index contributed by atoms with van der Waals surface area (Å²) < 4.78 is 1.57. The minimum Gasteiger partial charge on any atom is -0.503 e. The fraction of sp³-hybridized carbons (Fsp3) is 0.143. The Balaban J connectivity index is 2.22. The van der Waals surface area contributed by atoms with E-state index >= 15 is 0 Å². The number of benzene rings is 1. The molecule has 1 heterocycles. The van der Waals surface area contributed by atoms with Gasteiger partial charge in [0.25, 0.3) is 5.91 Å². The van der Waals surface area contributed by atoms with Crippen LogP contribution < -0.4 is 9.88 Å². The molecule has 0 radical (unpaired) electrons. The van der Waals surface area contributed by atoms with Gasteiger partial charge in [-0.2, -0.15) is 4.57 Å². The Morgan fingerprint density at radius 2 is 1.90 bits per heavy atom. The molecule has 2 rings (SSSR count). The van der Waals surface area contributed by atoms with Crippen LogP contribution in [-0.2, 0) is 4.79 Å². The van der Waals surface area contributed by atoms with Gasteiger partial charge in [0.2, 0.25) is 12.2 Å². The second-order valence-corrected chi connectivity index (χ2v) is 5.67. The predicted molar refractivity (Wildman–Crippen MR) is 83.1 cm³/mol. The summed E-state index contributed by atoms with van der Waals surface area (Å²) in [4.78, 5) is 12.2. The lowest BCUT2D eigenvalue weighted by Gasteiger charge is -2.12. The molecule has 1 aromatic carbocycles. The third-order valence-electron chi connectivity index (χ3n) is 2.89. The number of hydrogen-bond acceptors (Lipinski definition) is 2. The van der Waals surface area contributed by atoms with Crippen LogP contribution in [-0.4, -0.2) is 11.0 Å². The van der Waals surface area contributed by atoms with Crippen LogP contribution in [0.15, 0.2) is 36.7 Å². The van der Waals surface area contributed by atoms with Crippen LogP contribution in [0.25, 0.3) is 0 Å². The van der Waals surface area contributed by atoms with Gasteiger partial charge in [0.1, 0.15) is 0 Å². The number of aromatic nitrogens is 1. The third kappa shape index (κ3) is 3.79. The van der Waals surface area contributed by atoms with Crippen molar-refractivity contribution in [3.05, 3.63) is 51.7 Å². The van der Waals surface area contributed by atoms with Crippen LogP contribution in [0.3, 0.4) is 0 Å². The summed E-state index contributed by atoms with van der Waals surface area (Å²) in [7, 11) is 0. The van der Waals surface area contributed by atoms with Crippen molar-refractivity contribution in [2.75, 3.05) is 5.32 Å². The molecule has 0 aliphatic carbocycles. The zero-order valence-corrected chi connectivity index (χ0v) is 13.2. The Bertz CT molecular complexity index is 669. The molecule has 0 unspecified atom stereocenters. The average Bonchev–Trinajstić information content (AvgIpc) is 2.41. The summed E-state index contributed by atoms with van der Waals surface area (Å²) >= 11 is 17.9. The van der Waals surface area contributed by atoms with E-state index < -0.39 is 6.04 Å². The van der Waals surface area contributed by atoms with E-state index in [0.717, 1.165) is 0 Å². The SMILES string of the molecule is C[C@@H](C(=O)Nc1c(Cl)cc(Cl)cc1Cl)[n+]1cccc(O)c1. The van der Waals surface area contributed by atoms with Gasteiger partial charge < -0.3 is 10.4 Å². The summed E-state index contributed by atoms with van der Waals surface area (Å²) in [6, 6.07) is 5.60. The monoisotopic (exact) mass is 345 g/mol. The maximum absolute atomic E-state index is 12.2. The van der Waals surface area contributed by atoms with E-state index in [9.17, 15) is 9.90 Å². The number of hydrogen-bond donors (Lipinski definition) is 2. The number of nitrogens with zero attached hydrogens (tertiary/aromatic N) is 1. The van der Waals surface area contributed by atoms with Gasteiger partial charge in [-0.1, -0.05) is 34.8 Å². The number of anilines is 1. The van der Waals surface area contributed by atoms with Crippen LogP contribution in [0.5, 0.6) is 5.75 Å². The second-order valence-electron chi connectivity index (χ2n) is 4.42. The first-order valence-electron chi connectivity index (χ1n) is 6.03. The smallest absolute Gasteiger partial charge is 0.293 e. The normalized spacial score (nSPS) is 12.0. The van der Waals surface area contributed by atoms with Gasteiger partial charge >= 0.3 is 0 Å². The Morgan fingerprint density at radius 1 is 1.29 bits per heavy atom. The van der Waals surface area contributed by atoms with E-state index in [2.05, 4.69) is 5.32 Å². The molecule has 1 amide bonds. The molecule has 1 atom stereocenters. The average molecular weight is 347 g/mol. The number of amides is 1. The quantitative estimate of drug-likeness (QED) is 0.830. The van der Waals surface area contributed by atoms with E-state index in [1.54, 1.807) is 23.8 Å². The maximum Gasteiger partial charge on any atom is 0.293 e. The molecule has 0 aliphatic heterocycles. The summed E-state index contributed by atoms with van der Waals surface area (Å²) in [5, 5.41) is 13.0. The van der Waals surface area contributed by atoms with Crippen molar-refractivity contribution in [2.24, 2.45) is 0 Å². The first-order chi connectivity index (χ1) is 9.88. The molecule has 4 nitrogen and oxygen atoms in total. The van der Waals surface area contributed by atoms with E-state index in [-0.39, 0.29) is 21.7 Å². The Kier molecular flexibility index (Phi) is 4.93. The number of rotatable bonds is 3. The van der Waals surface area contributed by atoms with E-state index in [1.165, 1.54) is 24.4 Å². The molecule has 0 fully saturated rings. The maximum atomic E-state index is 12.2.